The maximum absolute atomic E-state index is 14.9. The van der Waals surface area contributed by atoms with Gasteiger partial charge in [0.1, 0.15) is 40.0 Å². The molecule has 2 aromatic heterocycles. The second kappa shape index (κ2) is 8.13. The number of aliphatic hydroxyl groups excluding tert-OH is 1. The molecule has 33 heavy (non-hydrogen) atoms. The third-order valence-electron chi connectivity index (χ3n) is 4.80. The van der Waals surface area contributed by atoms with Crippen LogP contribution in [0.15, 0.2) is 30.3 Å². The van der Waals surface area contributed by atoms with Crippen molar-refractivity contribution in [2.45, 2.75) is 20.0 Å². The van der Waals surface area contributed by atoms with Gasteiger partial charge in [-0.3, -0.25) is 4.79 Å². The Labute approximate surface area is 183 Å². The van der Waals surface area contributed by atoms with Crippen molar-refractivity contribution in [1.82, 2.24) is 19.7 Å². The molecular formula is C21H16F4N6O2. The molecule has 2 aromatic carbocycles. The lowest BCUT2D eigenvalue weighted by Gasteiger charge is -2.14. The molecule has 0 aliphatic carbocycles. The number of aliphatic hydroxyl groups is 1. The Balaban J connectivity index is 1.69. The van der Waals surface area contributed by atoms with Crippen LogP contribution in [-0.2, 0) is 4.79 Å². The van der Waals surface area contributed by atoms with Crippen LogP contribution in [0.1, 0.15) is 23.2 Å². The standard InChI is InChI=1S/C21H16F4N6O2/c1-8-17-18(20(26)28-9(2)27-17)31(30-8)16-7-13(24)15(6-14(16)25)29-21(33)19(32)10-3-11(22)5-12(23)4-10/h3-7,19,32H,1-2H3,(H,29,33)(H2,26,27,28)/t19-/m1/s1. The summed E-state index contributed by atoms with van der Waals surface area (Å²) in [5, 5.41) is 16.2. The molecule has 12 heteroatoms. The predicted molar refractivity (Wildman–Crippen MR) is 110 cm³/mol. The number of hydrogen-bond acceptors (Lipinski definition) is 6. The number of halogens is 4. The maximum atomic E-state index is 14.9. The highest BCUT2D eigenvalue weighted by molar-refractivity contribution is 5.95. The van der Waals surface area contributed by atoms with E-state index in [0.717, 1.165) is 22.9 Å². The van der Waals surface area contributed by atoms with E-state index in [9.17, 15) is 27.5 Å². The van der Waals surface area contributed by atoms with Crippen molar-refractivity contribution < 1.29 is 27.5 Å². The topological polar surface area (TPSA) is 119 Å². The van der Waals surface area contributed by atoms with Crippen LogP contribution in [0.3, 0.4) is 0 Å². The third kappa shape index (κ3) is 4.07. The van der Waals surface area contributed by atoms with Crippen LogP contribution in [0, 0.1) is 37.1 Å². The molecule has 0 saturated heterocycles. The molecule has 4 aromatic rings. The van der Waals surface area contributed by atoms with E-state index >= 15 is 0 Å². The maximum Gasteiger partial charge on any atom is 0.257 e. The first-order valence-corrected chi connectivity index (χ1v) is 9.49. The quantitative estimate of drug-likeness (QED) is 0.403. The third-order valence-corrected chi connectivity index (χ3v) is 4.80. The van der Waals surface area contributed by atoms with Crippen molar-refractivity contribution in [2.24, 2.45) is 0 Å². The summed E-state index contributed by atoms with van der Waals surface area (Å²) in [4.78, 5) is 20.5. The van der Waals surface area contributed by atoms with Crippen molar-refractivity contribution >= 4 is 28.4 Å². The number of hydrogen-bond donors (Lipinski definition) is 3. The average molecular weight is 460 g/mol. The molecule has 0 aliphatic rings. The number of nitrogens with zero attached hydrogens (tertiary/aromatic N) is 4. The van der Waals surface area contributed by atoms with Gasteiger partial charge in [0.05, 0.1) is 11.4 Å². The number of anilines is 2. The second-order valence-electron chi connectivity index (χ2n) is 7.23. The minimum Gasteiger partial charge on any atom is -0.382 e. The highest BCUT2D eigenvalue weighted by atomic mass is 19.1. The van der Waals surface area contributed by atoms with Crippen molar-refractivity contribution in [3.63, 3.8) is 0 Å². The van der Waals surface area contributed by atoms with Gasteiger partial charge in [-0.05, 0) is 31.5 Å². The lowest BCUT2D eigenvalue weighted by molar-refractivity contribution is -0.124. The van der Waals surface area contributed by atoms with Gasteiger partial charge in [-0.1, -0.05) is 0 Å². The zero-order valence-corrected chi connectivity index (χ0v) is 17.2. The second-order valence-corrected chi connectivity index (χ2v) is 7.23. The summed E-state index contributed by atoms with van der Waals surface area (Å²) < 4.78 is 57.4. The number of carbonyl (C=O) groups excluding carboxylic acids is 1. The minimum atomic E-state index is -2.03. The Kier molecular flexibility index (Phi) is 5.46. The smallest absolute Gasteiger partial charge is 0.257 e. The molecule has 0 spiro atoms. The van der Waals surface area contributed by atoms with E-state index in [2.05, 4.69) is 15.1 Å². The van der Waals surface area contributed by atoms with E-state index in [1.165, 1.54) is 0 Å². The molecule has 0 fully saturated rings. The number of benzene rings is 2. The highest BCUT2D eigenvalue weighted by Crippen LogP contribution is 2.29. The Bertz CT molecular complexity index is 1400. The van der Waals surface area contributed by atoms with Gasteiger partial charge in [0.15, 0.2) is 17.7 Å². The van der Waals surface area contributed by atoms with E-state index < -0.39 is 46.5 Å². The van der Waals surface area contributed by atoms with Crippen LogP contribution >= 0.6 is 0 Å². The summed E-state index contributed by atoms with van der Waals surface area (Å²) in [7, 11) is 0. The Morgan fingerprint density at radius 3 is 2.36 bits per heavy atom. The number of aromatic nitrogens is 4. The monoisotopic (exact) mass is 460 g/mol. The highest BCUT2D eigenvalue weighted by Gasteiger charge is 2.23. The van der Waals surface area contributed by atoms with E-state index in [-0.39, 0.29) is 17.0 Å². The first-order chi connectivity index (χ1) is 15.5. The molecule has 0 aliphatic heterocycles. The summed E-state index contributed by atoms with van der Waals surface area (Å²) in [5.74, 6) is -4.91. The fraction of sp³-hybridized carbons (Fsp3) is 0.143. The van der Waals surface area contributed by atoms with Crippen molar-refractivity contribution in [3.05, 3.63) is 70.7 Å². The number of rotatable bonds is 4. The molecule has 0 unspecified atom stereocenters. The SMILES string of the molecule is Cc1nc(N)c2c(n1)c(C)nn2-c1cc(F)c(NC(=O)[C@H](O)c2cc(F)cc(F)c2)cc1F. The Hall–Kier alpha value is -4.06. The molecule has 8 nitrogen and oxygen atoms in total. The molecule has 0 saturated carbocycles. The van der Waals surface area contributed by atoms with Gasteiger partial charge in [0.25, 0.3) is 5.91 Å². The molecular weight excluding hydrogens is 444 g/mol. The van der Waals surface area contributed by atoms with Gasteiger partial charge < -0.3 is 16.2 Å². The van der Waals surface area contributed by atoms with Crippen molar-refractivity contribution in [1.29, 1.82) is 0 Å². The van der Waals surface area contributed by atoms with Gasteiger partial charge in [-0.25, -0.2) is 32.2 Å². The van der Waals surface area contributed by atoms with E-state index in [4.69, 9.17) is 5.73 Å². The molecule has 0 radical (unpaired) electrons. The molecule has 170 valence electrons. The molecule has 0 bridgehead atoms. The Morgan fingerprint density at radius 2 is 1.70 bits per heavy atom. The predicted octanol–water partition coefficient (Wildman–Crippen LogP) is 3.24. The van der Waals surface area contributed by atoms with Crippen LogP contribution < -0.4 is 11.1 Å². The van der Waals surface area contributed by atoms with Crippen LogP contribution in [0.25, 0.3) is 16.7 Å². The largest absolute Gasteiger partial charge is 0.382 e. The summed E-state index contributed by atoms with van der Waals surface area (Å²) in [6, 6.07) is 3.49. The van der Waals surface area contributed by atoms with Gasteiger partial charge >= 0.3 is 0 Å². The average Bonchev–Trinajstić information content (AvgIpc) is 3.05. The summed E-state index contributed by atoms with van der Waals surface area (Å²) in [6.45, 7) is 3.24. The van der Waals surface area contributed by atoms with Gasteiger partial charge in [0, 0.05) is 18.2 Å². The van der Waals surface area contributed by atoms with Crippen molar-refractivity contribution in [2.75, 3.05) is 11.1 Å². The number of amides is 1. The number of nitrogen functional groups attached to an aromatic ring is 1. The van der Waals surface area contributed by atoms with Gasteiger partial charge in [-0.15, -0.1) is 0 Å². The fourth-order valence-corrected chi connectivity index (χ4v) is 3.35. The fourth-order valence-electron chi connectivity index (χ4n) is 3.35. The molecule has 4 N–H and O–H groups in total. The molecule has 1 atom stereocenters. The summed E-state index contributed by atoms with van der Waals surface area (Å²) in [6.07, 6.45) is -2.03. The summed E-state index contributed by atoms with van der Waals surface area (Å²) >= 11 is 0. The first kappa shape index (κ1) is 22.1. The minimum absolute atomic E-state index is 0.0146. The normalized spacial score (nSPS) is 12.2. The molecule has 1 amide bonds. The Morgan fingerprint density at radius 1 is 1.03 bits per heavy atom. The van der Waals surface area contributed by atoms with E-state index in [1.54, 1.807) is 13.8 Å². The van der Waals surface area contributed by atoms with Crippen molar-refractivity contribution in [3.8, 4) is 5.69 Å². The van der Waals surface area contributed by atoms with Crippen LogP contribution in [-0.4, -0.2) is 30.8 Å². The number of nitrogens with one attached hydrogen (secondary N) is 1. The molecule has 2 heterocycles. The van der Waals surface area contributed by atoms with Gasteiger partial charge in [-0.2, -0.15) is 5.10 Å². The first-order valence-electron chi connectivity index (χ1n) is 9.49. The zero-order valence-electron chi connectivity index (χ0n) is 17.2. The lowest BCUT2D eigenvalue weighted by atomic mass is 10.1. The zero-order chi connectivity index (χ0) is 24.0. The number of nitrogens with two attached hydrogens (primary N) is 1. The van der Waals surface area contributed by atoms with Crippen LogP contribution in [0.2, 0.25) is 0 Å². The van der Waals surface area contributed by atoms with E-state index in [0.29, 0.717) is 29.2 Å². The number of carbonyl (C=O) groups is 1. The number of fused-ring (bicyclic) bond motifs is 1. The number of aryl methyl sites for hydroxylation is 2. The lowest BCUT2D eigenvalue weighted by Crippen LogP contribution is -2.22. The van der Waals surface area contributed by atoms with E-state index in [1.807, 2.05) is 5.32 Å². The molecule has 4 rings (SSSR count). The van der Waals surface area contributed by atoms with Crippen LogP contribution in [0.4, 0.5) is 29.1 Å². The summed E-state index contributed by atoms with van der Waals surface area (Å²) in [5.41, 5.74) is 5.56. The van der Waals surface area contributed by atoms with Crippen LogP contribution in [0.5, 0.6) is 0 Å². The van der Waals surface area contributed by atoms with Gasteiger partial charge in [0.2, 0.25) is 0 Å².